The number of aromatic nitrogens is 1. The zero-order valence-corrected chi connectivity index (χ0v) is 15.7. The molecule has 2 aromatic rings. The van der Waals surface area contributed by atoms with Crippen molar-refractivity contribution in [2.24, 2.45) is 0 Å². The van der Waals surface area contributed by atoms with E-state index < -0.39 is 0 Å². The number of morpholine rings is 1. The molecule has 5 heteroatoms. The third-order valence-corrected chi connectivity index (χ3v) is 4.64. The highest BCUT2D eigenvalue weighted by Gasteiger charge is 2.27. The van der Waals surface area contributed by atoms with Crippen LogP contribution in [0.5, 0.6) is 0 Å². The normalized spacial score (nSPS) is 20.9. The van der Waals surface area contributed by atoms with Crippen molar-refractivity contribution in [3.8, 4) is 11.3 Å². The number of halogens is 1. The van der Waals surface area contributed by atoms with E-state index in [2.05, 4.69) is 20.9 Å². The van der Waals surface area contributed by atoms with E-state index in [9.17, 15) is 4.79 Å². The standard InChI is InChI=1S/C19H21BrN2O2/c1-12-10-22(11-13(2)24-12)19(23)17-7-8-18(21-14(17)3)15-5-4-6-16(20)9-15/h4-9,12-13H,10-11H2,1-3H3. The van der Waals surface area contributed by atoms with Gasteiger partial charge < -0.3 is 9.64 Å². The molecule has 1 fully saturated rings. The van der Waals surface area contributed by atoms with Gasteiger partial charge in [0, 0.05) is 23.1 Å². The van der Waals surface area contributed by atoms with E-state index in [1.807, 2.05) is 62.1 Å². The Balaban J connectivity index is 1.86. The third-order valence-electron chi connectivity index (χ3n) is 4.14. The first-order valence-electron chi connectivity index (χ1n) is 8.12. The van der Waals surface area contributed by atoms with Crippen LogP contribution in [0.1, 0.15) is 29.9 Å². The fourth-order valence-electron chi connectivity index (χ4n) is 3.11. The predicted molar refractivity (Wildman–Crippen MR) is 98.0 cm³/mol. The predicted octanol–water partition coefficient (Wildman–Crippen LogP) is 4.07. The van der Waals surface area contributed by atoms with Gasteiger partial charge in [-0.3, -0.25) is 9.78 Å². The lowest BCUT2D eigenvalue weighted by atomic mass is 10.1. The van der Waals surface area contributed by atoms with Crippen LogP contribution in [0.2, 0.25) is 0 Å². The van der Waals surface area contributed by atoms with Crippen molar-refractivity contribution in [2.75, 3.05) is 13.1 Å². The number of amides is 1. The number of hydrogen-bond donors (Lipinski definition) is 0. The fourth-order valence-corrected chi connectivity index (χ4v) is 3.51. The van der Waals surface area contributed by atoms with Crippen LogP contribution in [0.25, 0.3) is 11.3 Å². The number of pyridine rings is 1. The van der Waals surface area contributed by atoms with Crippen LogP contribution in [0, 0.1) is 6.92 Å². The first-order valence-corrected chi connectivity index (χ1v) is 8.91. The maximum absolute atomic E-state index is 12.8. The molecule has 2 atom stereocenters. The van der Waals surface area contributed by atoms with E-state index in [1.165, 1.54) is 0 Å². The van der Waals surface area contributed by atoms with Gasteiger partial charge in [-0.1, -0.05) is 28.1 Å². The molecule has 0 radical (unpaired) electrons. The zero-order chi connectivity index (χ0) is 17.3. The van der Waals surface area contributed by atoms with Gasteiger partial charge in [-0.15, -0.1) is 0 Å². The summed E-state index contributed by atoms with van der Waals surface area (Å²) in [6.45, 7) is 7.13. The molecule has 0 bridgehead atoms. The van der Waals surface area contributed by atoms with Crippen LogP contribution in [-0.4, -0.2) is 41.1 Å². The van der Waals surface area contributed by atoms with Gasteiger partial charge in [-0.25, -0.2) is 0 Å². The van der Waals surface area contributed by atoms with Gasteiger partial charge in [0.2, 0.25) is 0 Å². The van der Waals surface area contributed by atoms with E-state index in [0.29, 0.717) is 18.7 Å². The minimum atomic E-state index is 0.0304. The summed E-state index contributed by atoms with van der Waals surface area (Å²) in [5, 5.41) is 0. The highest BCUT2D eigenvalue weighted by Crippen LogP contribution is 2.23. The summed E-state index contributed by atoms with van der Waals surface area (Å²) in [4.78, 5) is 19.3. The Labute approximate surface area is 151 Å². The zero-order valence-electron chi connectivity index (χ0n) is 14.1. The largest absolute Gasteiger partial charge is 0.372 e. The van der Waals surface area contributed by atoms with Gasteiger partial charge in [-0.2, -0.15) is 0 Å². The van der Waals surface area contributed by atoms with Crippen LogP contribution < -0.4 is 0 Å². The molecule has 24 heavy (non-hydrogen) atoms. The first kappa shape index (κ1) is 17.1. The summed E-state index contributed by atoms with van der Waals surface area (Å²) in [6, 6.07) is 11.8. The molecule has 4 nitrogen and oxygen atoms in total. The van der Waals surface area contributed by atoms with Crippen LogP contribution >= 0.6 is 15.9 Å². The van der Waals surface area contributed by atoms with Gasteiger partial charge in [0.25, 0.3) is 5.91 Å². The number of aryl methyl sites for hydroxylation is 1. The molecular weight excluding hydrogens is 368 g/mol. The molecule has 0 aliphatic carbocycles. The minimum Gasteiger partial charge on any atom is -0.372 e. The number of carbonyl (C=O) groups excluding carboxylic acids is 1. The summed E-state index contributed by atoms with van der Waals surface area (Å²) < 4.78 is 6.72. The Morgan fingerprint density at radius 3 is 2.54 bits per heavy atom. The Kier molecular flexibility index (Phi) is 5.01. The SMILES string of the molecule is Cc1nc(-c2cccc(Br)c2)ccc1C(=O)N1CC(C)OC(C)C1. The lowest BCUT2D eigenvalue weighted by Gasteiger charge is -2.35. The Bertz CT molecular complexity index is 753. The summed E-state index contributed by atoms with van der Waals surface area (Å²) in [6.07, 6.45) is 0.124. The minimum absolute atomic E-state index is 0.0304. The van der Waals surface area contributed by atoms with E-state index in [-0.39, 0.29) is 18.1 Å². The second-order valence-corrected chi connectivity index (χ2v) is 7.22. The topological polar surface area (TPSA) is 42.4 Å². The van der Waals surface area contributed by atoms with Gasteiger partial charge in [0.05, 0.1) is 29.2 Å². The van der Waals surface area contributed by atoms with Gasteiger partial charge in [0.15, 0.2) is 0 Å². The summed E-state index contributed by atoms with van der Waals surface area (Å²) in [7, 11) is 0. The molecular formula is C19H21BrN2O2. The number of hydrogen-bond acceptors (Lipinski definition) is 3. The van der Waals surface area contributed by atoms with Crippen LogP contribution in [0.3, 0.4) is 0 Å². The molecule has 1 aromatic carbocycles. The summed E-state index contributed by atoms with van der Waals surface area (Å²) in [5.41, 5.74) is 3.31. The van der Waals surface area contributed by atoms with Crippen molar-refractivity contribution in [1.29, 1.82) is 0 Å². The van der Waals surface area contributed by atoms with E-state index in [1.54, 1.807) is 0 Å². The Morgan fingerprint density at radius 2 is 1.92 bits per heavy atom. The molecule has 2 unspecified atom stereocenters. The summed E-state index contributed by atoms with van der Waals surface area (Å²) >= 11 is 3.48. The molecule has 126 valence electrons. The average molecular weight is 389 g/mol. The molecule has 1 aromatic heterocycles. The molecule has 1 aliphatic rings. The first-order chi connectivity index (χ1) is 11.4. The van der Waals surface area contributed by atoms with Crippen molar-refractivity contribution in [3.63, 3.8) is 0 Å². The van der Waals surface area contributed by atoms with Crippen molar-refractivity contribution >= 4 is 21.8 Å². The van der Waals surface area contributed by atoms with E-state index in [4.69, 9.17) is 4.74 Å². The molecule has 3 rings (SSSR count). The Morgan fingerprint density at radius 1 is 1.21 bits per heavy atom. The Hall–Kier alpha value is -1.72. The molecule has 0 N–H and O–H groups in total. The van der Waals surface area contributed by atoms with Gasteiger partial charge in [-0.05, 0) is 45.0 Å². The number of rotatable bonds is 2. The molecule has 0 saturated carbocycles. The van der Waals surface area contributed by atoms with Crippen LogP contribution in [0.4, 0.5) is 0 Å². The molecule has 2 heterocycles. The van der Waals surface area contributed by atoms with Crippen molar-refractivity contribution in [3.05, 3.63) is 52.1 Å². The number of benzene rings is 1. The van der Waals surface area contributed by atoms with Gasteiger partial charge >= 0.3 is 0 Å². The lowest BCUT2D eigenvalue weighted by Crippen LogP contribution is -2.48. The average Bonchev–Trinajstić information content (AvgIpc) is 2.53. The maximum Gasteiger partial charge on any atom is 0.255 e. The van der Waals surface area contributed by atoms with Crippen LogP contribution in [0.15, 0.2) is 40.9 Å². The quantitative estimate of drug-likeness (QED) is 0.778. The smallest absolute Gasteiger partial charge is 0.255 e. The van der Waals surface area contributed by atoms with Crippen molar-refractivity contribution < 1.29 is 9.53 Å². The highest BCUT2D eigenvalue weighted by atomic mass is 79.9. The number of carbonyl (C=O) groups is 1. The highest BCUT2D eigenvalue weighted by molar-refractivity contribution is 9.10. The lowest BCUT2D eigenvalue weighted by molar-refractivity contribution is -0.0586. The van der Waals surface area contributed by atoms with E-state index >= 15 is 0 Å². The molecule has 0 spiro atoms. The fraction of sp³-hybridized carbons (Fsp3) is 0.368. The number of nitrogens with zero attached hydrogens (tertiary/aromatic N) is 2. The second-order valence-electron chi connectivity index (χ2n) is 6.31. The maximum atomic E-state index is 12.8. The molecule has 1 saturated heterocycles. The number of ether oxygens (including phenoxy) is 1. The molecule has 1 aliphatic heterocycles. The van der Waals surface area contributed by atoms with Gasteiger partial charge in [0.1, 0.15) is 0 Å². The van der Waals surface area contributed by atoms with Crippen LogP contribution in [-0.2, 0) is 4.74 Å². The molecule has 1 amide bonds. The monoisotopic (exact) mass is 388 g/mol. The van der Waals surface area contributed by atoms with Crippen molar-refractivity contribution in [2.45, 2.75) is 33.0 Å². The van der Waals surface area contributed by atoms with Crippen molar-refractivity contribution in [1.82, 2.24) is 9.88 Å². The summed E-state index contributed by atoms with van der Waals surface area (Å²) in [5.74, 6) is 0.0304. The second kappa shape index (κ2) is 7.03. The third kappa shape index (κ3) is 3.68. The van der Waals surface area contributed by atoms with E-state index in [0.717, 1.165) is 21.4 Å².